The molecule has 92 valence electrons. The van der Waals surface area contributed by atoms with Gasteiger partial charge in [0.05, 0.1) is 18.6 Å². The first kappa shape index (κ1) is 12.8. The van der Waals surface area contributed by atoms with Crippen LogP contribution in [0.3, 0.4) is 0 Å². The second-order valence-corrected chi connectivity index (χ2v) is 6.58. The zero-order valence-electron chi connectivity index (χ0n) is 9.88. The molecule has 0 bridgehead atoms. The molecule has 1 aliphatic rings. The Balaban J connectivity index is 2.17. The predicted octanol–water partition coefficient (Wildman–Crippen LogP) is 2.51. The minimum absolute atomic E-state index is 0.0441. The maximum absolute atomic E-state index is 12.3. The molecule has 1 aliphatic heterocycles. The van der Waals surface area contributed by atoms with Crippen LogP contribution in [0.25, 0.3) is 0 Å². The van der Waals surface area contributed by atoms with Crippen molar-refractivity contribution in [2.75, 3.05) is 18.6 Å². The van der Waals surface area contributed by atoms with Crippen molar-refractivity contribution < 1.29 is 9.53 Å². The number of pyridine rings is 1. The summed E-state index contributed by atoms with van der Waals surface area (Å²) in [5, 5.41) is 0.412. The highest BCUT2D eigenvalue weighted by atomic mass is 32.2. The summed E-state index contributed by atoms with van der Waals surface area (Å²) < 4.78 is 5.09. The van der Waals surface area contributed by atoms with E-state index in [9.17, 15) is 4.79 Å². The van der Waals surface area contributed by atoms with E-state index >= 15 is 0 Å². The lowest BCUT2D eigenvalue weighted by Crippen LogP contribution is -2.31. The van der Waals surface area contributed by atoms with Crippen LogP contribution in [-0.2, 0) is 0 Å². The minimum atomic E-state index is 0.0441. The van der Waals surface area contributed by atoms with Crippen molar-refractivity contribution in [2.45, 2.75) is 17.4 Å². The van der Waals surface area contributed by atoms with Crippen molar-refractivity contribution in [1.29, 1.82) is 0 Å². The molecule has 1 saturated heterocycles. The van der Waals surface area contributed by atoms with Crippen LogP contribution in [0.5, 0.6) is 5.75 Å². The van der Waals surface area contributed by atoms with E-state index in [2.05, 4.69) is 11.9 Å². The van der Waals surface area contributed by atoms with Gasteiger partial charge in [-0.05, 0) is 6.07 Å². The normalized spacial score (nSPS) is 24.4. The zero-order valence-corrected chi connectivity index (χ0v) is 11.5. The van der Waals surface area contributed by atoms with Gasteiger partial charge in [0, 0.05) is 28.5 Å². The highest BCUT2D eigenvalue weighted by Gasteiger charge is 2.30. The molecule has 2 atom stereocenters. The molecule has 2 rings (SSSR count). The average molecular weight is 269 g/mol. The van der Waals surface area contributed by atoms with E-state index in [0.717, 1.165) is 11.5 Å². The lowest BCUT2D eigenvalue weighted by atomic mass is 10.1. The molecule has 5 heteroatoms. The Kier molecular flexibility index (Phi) is 4.34. The lowest BCUT2D eigenvalue weighted by molar-refractivity contribution is 0.0989. The standard InChI is InChI=1S/C12H15NO2S2/c1-8-12(17-4-3-16-8)11(14)9-5-10(15-2)7-13-6-9/h5-8,12H,3-4H2,1-2H3. The molecule has 0 spiro atoms. The van der Waals surface area contributed by atoms with Crippen molar-refractivity contribution in [3.8, 4) is 5.75 Å². The topological polar surface area (TPSA) is 39.2 Å². The molecule has 0 radical (unpaired) electrons. The number of ether oxygens (including phenoxy) is 1. The number of hydrogen-bond acceptors (Lipinski definition) is 5. The van der Waals surface area contributed by atoms with Crippen LogP contribution in [0.2, 0.25) is 0 Å². The summed E-state index contributed by atoms with van der Waals surface area (Å²) in [6.07, 6.45) is 3.24. The molecule has 0 aliphatic carbocycles. The first-order chi connectivity index (χ1) is 8.22. The van der Waals surface area contributed by atoms with E-state index in [0.29, 0.717) is 16.6 Å². The molecule has 2 unspecified atom stereocenters. The number of methoxy groups -OCH3 is 1. The van der Waals surface area contributed by atoms with E-state index < -0.39 is 0 Å². The maximum atomic E-state index is 12.3. The van der Waals surface area contributed by atoms with Crippen molar-refractivity contribution in [3.63, 3.8) is 0 Å². The fourth-order valence-electron chi connectivity index (χ4n) is 1.75. The minimum Gasteiger partial charge on any atom is -0.495 e. The van der Waals surface area contributed by atoms with E-state index in [1.54, 1.807) is 37.3 Å². The van der Waals surface area contributed by atoms with E-state index in [-0.39, 0.29) is 11.0 Å². The number of Topliss-reactive ketones (excluding diaryl/α,β-unsaturated/α-hetero) is 1. The number of aromatic nitrogens is 1. The largest absolute Gasteiger partial charge is 0.495 e. The number of thioether (sulfide) groups is 2. The molecule has 0 N–H and O–H groups in total. The summed E-state index contributed by atoms with van der Waals surface area (Å²) >= 11 is 3.61. The molecule has 1 fully saturated rings. The van der Waals surface area contributed by atoms with Gasteiger partial charge in [0.25, 0.3) is 0 Å². The Morgan fingerprint density at radius 3 is 2.88 bits per heavy atom. The fraction of sp³-hybridized carbons (Fsp3) is 0.500. The van der Waals surface area contributed by atoms with Gasteiger partial charge in [-0.2, -0.15) is 11.8 Å². The Hall–Kier alpha value is -0.680. The monoisotopic (exact) mass is 269 g/mol. The van der Waals surface area contributed by atoms with Gasteiger partial charge in [-0.3, -0.25) is 9.78 Å². The Labute approximate surface area is 110 Å². The van der Waals surface area contributed by atoms with Gasteiger partial charge < -0.3 is 4.74 Å². The number of nitrogens with zero attached hydrogens (tertiary/aromatic N) is 1. The zero-order chi connectivity index (χ0) is 12.3. The van der Waals surface area contributed by atoms with Gasteiger partial charge >= 0.3 is 0 Å². The second kappa shape index (κ2) is 5.78. The Morgan fingerprint density at radius 2 is 2.18 bits per heavy atom. The highest BCUT2D eigenvalue weighted by Crippen LogP contribution is 2.33. The van der Waals surface area contributed by atoms with Gasteiger partial charge in [-0.15, -0.1) is 11.8 Å². The quantitative estimate of drug-likeness (QED) is 0.788. The van der Waals surface area contributed by atoms with Gasteiger partial charge in [-0.1, -0.05) is 6.92 Å². The number of ketones is 1. The Morgan fingerprint density at radius 1 is 1.41 bits per heavy atom. The SMILES string of the molecule is COc1cncc(C(=O)C2SCCSC2C)c1. The molecular formula is C12H15NO2S2. The summed E-state index contributed by atoms with van der Waals surface area (Å²) in [6, 6.07) is 1.77. The first-order valence-corrected chi connectivity index (χ1v) is 7.58. The maximum Gasteiger partial charge on any atom is 0.178 e. The van der Waals surface area contributed by atoms with Crippen molar-refractivity contribution in [1.82, 2.24) is 4.98 Å². The van der Waals surface area contributed by atoms with E-state index in [1.165, 1.54) is 0 Å². The predicted molar refractivity (Wildman–Crippen MR) is 73.3 cm³/mol. The third-order valence-electron chi connectivity index (χ3n) is 2.68. The first-order valence-electron chi connectivity index (χ1n) is 5.49. The summed E-state index contributed by atoms with van der Waals surface area (Å²) in [5.41, 5.74) is 0.649. The number of carbonyl (C=O) groups excluding carboxylic acids is 1. The molecule has 0 saturated carbocycles. The van der Waals surface area contributed by atoms with Crippen molar-refractivity contribution in [3.05, 3.63) is 24.0 Å². The smallest absolute Gasteiger partial charge is 0.178 e. The van der Waals surface area contributed by atoms with Crippen LogP contribution < -0.4 is 4.74 Å². The van der Waals surface area contributed by atoms with Crippen LogP contribution in [0.4, 0.5) is 0 Å². The highest BCUT2D eigenvalue weighted by molar-refractivity contribution is 8.07. The van der Waals surface area contributed by atoms with Gasteiger partial charge in [0.2, 0.25) is 0 Å². The van der Waals surface area contributed by atoms with Crippen LogP contribution in [-0.4, -0.2) is 39.9 Å². The van der Waals surface area contributed by atoms with Gasteiger partial charge in [-0.25, -0.2) is 0 Å². The van der Waals surface area contributed by atoms with Crippen molar-refractivity contribution in [2.24, 2.45) is 0 Å². The van der Waals surface area contributed by atoms with E-state index in [1.807, 2.05) is 11.8 Å². The second-order valence-electron chi connectivity index (χ2n) is 3.84. The summed E-state index contributed by atoms with van der Waals surface area (Å²) in [7, 11) is 1.58. The summed E-state index contributed by atoms with van der Waals surface area (Å²) in [6.45, 7) is 2.12. The molecule has 0 amide bonds. The third-order valence-corrected chi connectivity index (χ3v) is 5.77. The molecule has 1 aromatic rings. The average Bonchev–Trinajstić information content (AvgIpc) is 2.38. The molecule has 3 nitrogen and oxygen atoms in total. The van der Waals surface area contributed by atoms with Crippen molar-refractivity contribution >= 4 is 29.3 Å². The summed E-state index contributed by atoms with van der Waals surface area (Å²) in [5.74, 6) is 2.98. The van der Waals surface area contributed by atoms with Gasteiger partial charge in [0.1, 0.15) is 5.75 Å². The molecule has 2 heterocycles. The van der Waals surface area contributed by atoms with Crippen LogP contribution in [0, 0.1) is 0 Å². The third kappa shape index (κ3) is 2.96. The summed E-state index contributed by atoms with van der Waals surface area (Å²) in [4.78, 5) is 16.4. The number of rotatable bonds is 3. The number of hydrogen-bond donors (Lipinski definition) is 0. The van der Waals surface area contributed by atoms with Crippen LogP contribution >= 0.6 is 23.5 Å². The molecule has 0 aromatic carbocycles. The molecule has 17 heavy (non-hydrogen) atoms. The van der Waals surface area contributed by atoms with Crippen LogP contribution in [0.15, 0.2) is 18.5 Å². The molecule has 1 aromatic heterocycles. The number of carbonyl (C=O) groups is 1. The Bertz CT molecular complexity index is 411. The lowest BCUT2D eigenvalue weighted by Gasteiger charge is -2.26. The fourth-order valence-corrected chi connectivity index (χ4v) is 4.47. The van der Waals surface area contributed by atoms with Crippen LogP contribution in [0.1, 0.15) is 17.3 Å². The van der Waals surface area contributed by atoms with Gasteiger partial charge in [0.15, 0.2) is 5.78 Å². The van der Waals surface area contributed by atoms with E-state index in [4.69, 9.17) is 4.74 Å². The molecular weight excluding hydrogens is 254 g/mol.